The van der Waals surface area contributed by atoms with Crippen LogP contribution in [-0.4, -0.2) is 20.4 Å². The highest BCUT2D eigenvalue weighted by molar-refractivity contribution is 5.70. The van der Waals surface area contributed by atoms with Crippen molar-refractivity contribution in [3.63, 3.8) is 0 Å². The van der Waals surface area contributed by atoms with Gasteiger partial charge in [0.25, 0.3) is 11.8 Å². The Morgan fingerprint density at radius 3 is 2.63 bits per heavy atom. The maximum Gasteiger partial charge on any atom is 0.253 e. The summed E-state index contributed by atoms with van der Waals surface area (Å²) >= 11 is 0. The number of hydrogen-bond donors (Lipinski definition) is 2. The lowest BCUT2D eigenvalue weighted by Gasteiger charge is -1.96. The molecule has 3 N–H and O–H groups in total. The van der Waals surface area contributed by atoms with Crippen molar-refractivity contribution in [2.45, 2.75) is 6.92 Å². The van der Waals surface area contributed by atoms with E-state index in [1.807, 2.05) is 0 Å². The minimum Gasteiger partial charge on any atom is -0.416 e. The molecule has 0 bridgehead atoms. The van der Waals surface area contributed by atoms with Crippen LogP contribution in [0.1, 0.15) is 5.69 Å². The Labute approximate surface area is 107 Å². The SMILES string of the molecule is Cc1[nH]nc(N)c1-c1nnc(-c2ccccc2F)o1. The topological polar surface area (TPSA) is 93.6 Å². The molecular formula is C12H10FN5O. The molecule has 6 nitrogen and oxygen atoms in total. The number of anilines is 1. The fraction of sp³-hybridized carbons (Fsp3) is 0.0833. The summed E-state index contributed by atoms with van der Waals surface area (Å²) in [7, 11) is 0. The third-order valence-corrected chi connectivity index (χ3v) is 2.72. The van der Waals surface area contributed by atoms with E-state index in [9.17, 15) is 4.39 Å². The van der Waals surface area contributed by atoms with Gasteiger partial charge in [0.05, 0.1) is 5.56 Å². The Hall–Kier alpha value is -2.70. The Bertz CT molecular complexity index is 714. The van der Waals surface area contributed by atoms with E-state index < -0.39 is 5.82 Å². The van der Waals surface area contributed by atoms with Gasteiger partial charge in [0, 0.05) is 5.69 Å². The van der Waals surface area contributed by atoms with Crippen LogP contribution in [0.3, 0.4) is 0 Å². The fourth-order valence-corrected chi connectivity index (χ4v) is 1.79. The van der Waals surface area contributed by atoms with Gasteiger partial charge in [-0.25, -0.2) is 4.39 Å². The lowest BCUT2D eigenvalue weighted by molar-refractivity contribution is 0.570. The largest absolute Gasteiger partial charge is 0.416 e. The number of aryl methyl sites for hydroxylation is 1. The van der Waals surface area contributed by atoms with Crippen molar-refractivity contribution in [1.29, 1.82) is 0 Å². The monoisotopic (exact) mass is 259 g/mol. The van der Waals surface area contributed by atoms with E-state index in [2.05, 4.69) is 20.4 Å². The maximum atomic E-state index is 13.6. The third kappa shape index (κ3) is 1.85. The molecule has 0 saturated carbocycles. The molecule has 0 aliphatic carbocycles. The summed E-state index contributed by atoms with van der Waals surface area (Å²) in [6, 6.07) is 6.18. The van der Waals surface area contributed by atoms with E-state index in [1.165, 1.54) is 6.07 Å². The van der Waals surface area contributed by atoms with E-state index in [-0.39, 0.29) is 23.2 Å². The number of benzene rings is 1. The number of nitrogens with two attached hydrogens (primary N) is 1. The summed E-state index contributed by atoms with van der Waals surface area (Å²) in [6.07, 6.45) is 0. The molecule has 3 aromatic rings. The van der Waals surface area contributed by atoms with Gasteiger partial charge in [0.15, 0.2) is 5.82 Å². The summed E-state index contributed by atoms with van der Waals surface area (Å²) in [5.74, 6) is 0.158. The number of hydrogen-bond acceptors (Lipinski definition) is 5. The zero-order valence-corrected chi connectivity index (χ0v) is 10.0. The van der Waals surface area contributed by atoms with Gasteiger partial charge >= 0.3 is 0 Å². The van der Waals surface area contributed by atoms with Crippen LogP contribution >= 0.6 is 0 Å². The van der Waals surface area contributed by atoms with Crippen LogP contribution < -0.4 is 5.73 Å². The first-order valence-electron chi connectivity index (χ1n) is 5.56. The molecular weight excluding hydrogens is 249 g/mol. The van der Waals surface area contributed by atoms with Crippen LogP contribution in [0.5, 0.6) is 0 Å². The number of H-pyrrole nitrogens is 1. The van der Waals surface area contributed by atoms with Crippen LogP contribution in [0.25, 0.3) is 22.9 Å². The first-order valence-corrected chi connectivity index (χ1v) is 5.56. The maximum absolute atomic E-state index is 13.6. The van der Waals surface area contributed by atoms with Gasteiger partial charge in [-0.3, -0.25) is 5.10 Å². The Morgan fingerprint density at radius 2 is 1.95 bits per heavy atom. The number of aromatic amines is 1. The molecule has 0 fully saturated rings. The number of halogens is 1. The smallest absolute Gasteiger partial charge is 0.253 e. The molecule has 19 heavy (non-hydrogen) atoms. The molecule has 2 aromatic heterocycles. The highest BCUT2D eigenvalue weighted by Crippen LogP contribution is 2.29. The Balaban J connectivity index is 2.08. The number of nitrogen functional groups attached to an aromatic ring is 1. The van der Waals surface area contributed by atoms with Gasteiger partial charge in [-0.05, 0) is 19.1 Å². The van der Waals surface area contributed by atoms with E-state index in [4.69, 9.17) is 10.2 Å². The van der Waals surface area contributed by atoms with Gasteiger partial charge in [0.1, 0.15) is 11.4 Å². The number of aromatic nitrogens is 4. The molecule has 2 heterocycles. The van der Waals surface area contributed by atoms with Crippen molar-refractivity contribution in [3.8, 4) is 22.9 Å². The van der Waals surface area contributed by atoms with Gasteiger partial charge in [-0.15, -0.1) is 10.2 Å². The summed E-state index contributed by atoms with van der Waals surface area (Å²) in [5, 5.41) is 14.3. The summed E-state index contributed by atoms with van der Waals surface area (Å²) < 4.78 is 19.1. The minimum absolute atomic E-state index is 0.105. The van der Waals surface area contributed by atoms with Crippen molar-refractivity contribution in [2.75, 3.05) is 5.73 Å². The number of rotatable bonds is 2. The molecule has 3 rings (SSSR count). The molecule has 0 aliphatic heterocycles. The quantitative estimate of drug-likeness (QED) is 0.735. The second-order valence-electron chi connectivity index (χ2n) is 4.00. The average molecular weight is 259 g/mol. The predicted octanol–water partition coefficient (Wildman–Crippen LogP) is 2.16. The second kappa shape index (κ2) is 4.20. The molecule has 96 valence electrons. The molecule has 0 aliphatic rings. The van der Waals surface area contributed by atoms with Gasteiger partial charge in [0.2, 0.25) is 0 Å². The van der Waals surface area contributed by atoms with E-state index >= 15 is 0 Å². The van der Waals surface area contributed by atoms with Crippen LogP contribution in [0.2, 0.25) is 0 Å². The summed E-state index contributed by atoms with van der Waals surface area (Å²) in [5.41, 5.74) is 7.20. The van der Waals surface area contributed by atoms with Crippen molar-refractivity contribution < 1.29 is 8.81 Å². The predicted molar refractivity (Wildman–Crippen MR) is 66.4 cm³/mol. The molecule has 0 spiro atoms. The molecule has 1 aromatic carbocycles. The fourth-order valence-electron chi connectivity index (χ4n) is 1.79. The van der Waals surface area contributed by atoms with Crippen LogP contribution in [0.15, 0.2) is 28.7 Å². The standard InChI is InChI=1S/C12H10FN5O/c1-6-9(10(14)16-15-6)12-18-17-11(19-12)7-4-2-3-5-8(7)13/h2-5H,1H3,(H3,14,15,16). The first kappa shape index (κ1) is 11.4. The normalized spacial score (nSPS) is 10.8. The Morgan fingerprint density at radius 1 is 1.21 bits per heavy atom. The lowest BCUT2D eigenvalue weighted by atomic mass is 10.2. The van der Waals surface area contributed by atoms with Gasteiger partial charge in [-0.2, -0.15) is 5.10 Å². The van der Waals surface area contributed by atoms with Crippen molar-refractivity contribution in [3.05, 3.63) is 35.8 Å². The number of nitrogens with one attached hydrogen (secondary N) is 1. The van der Waals surface area contributed by atoms with Crippen molar-refractivity contribution in [1.82, 2.24) is 20.4 Å². The van der Waals surface area contributed by atoms with Crippen LogP contribution in [-0.2, 0) is 0 Å². The summed E-state index contributed by atoms with van der Waals surface area (Å²) in [6.45, 7) is 1.78. The second-order valence-corrected chi connectivity index (χ2v) is 4.00. The minimum atomic E-state index is -0.422. The first-order chi connectivity index (χ1) is 9.16. The Kier molecular flexibility index (Phi) is 2.52. The molecule has 7 heteroatoms. The van der Waals surface area contributed by atoms with E-state index in [0.717, 1.165) is 0 Å². The van der Waals surface area contributed by atoms with Crippen molar-refractivity contribution >= 4 is 5.82 Å². The zero-order valence-electron chi connectivity index (χ0n) is 10.0. The zero-order chi connectivity index (χ0) is 13.4. The van der Waals surface area contributed by atoms with Crippen LogP contribution in [0.4, 0.5) is 10.2 Å². The lowest BCUT2D eigenvalue weighted by Crippen LogP contribution is -1.88. The number of nitrogens with zero attached hydrogens (tertiary/aromatic N) is 3. The van der Waals surface area contributed by atoms with E-state index in [1.54, 1.807) is 25.1 Å². The highest BCUT2D eigenvalue weighted by atomic mass is 19.1. The highest BCUT2D eigenvalue weighted by Gasteiger charge is 2.18. The van der Waals surface area contributed by atoms with Crippen molar-refractivity contribution in [2.24, 2.45) is 0 Å². The molecule has 0 unspecified atom stereocenters. The molecule has 0 radical (unpaired) electrons. The third-order valence-electron chi connectivity index (χ3n) is 2.72. The van der Waals surface area contributed by atoms with Gasteiger partial charge < -0.3 is 10.2 Å². The van der Waals surface area contributed by atoms with E-state index in [0.29, 0.717) is 11.3 Å². The summed E-state index contributed by atoms with van der Waals surface area (Å²) in [4.78, 5) is 0. The average Bonchev–Trinajstić information content (AvgIpc) is 2.97. The molecule has 0 saturated heterocycles. The van der Waals surface area contributed by atoms with Crippen LogP contribution in [0, 0.1) is 12.7 Å². The molecule has 0 atom stereocenters. The molecule has 0 amide bonds. The van der Waals surface area contributed by atoms with Gasteiger partial charge in [-0.1, -0.05) is 12.1 Å².